The zero-order valence-corrected chi connectivity index (χ0v) is 32.7. The van der Waals surface area contributed by atoms with Gasteiger partial charge >= 0.3 is 0 Å². The Morgan fingerprint density at radius 1 is 0.517 bits per heavy atom. The van der Waals surface area contributed by atoms with Crippen molar-refractivity contribution in [2.24, 2.45) is 71.6 Å². The molecular weight excluding hydrogens is 762 g/mol. The van der Waals surface area contributed by atoms with Crippen LogP contribution in [-0.4, -0.2) is 140 Å². The van der Waals surface area contributed by atoms with Gasteiger partial charge in [-0.3, -0.25) is 48.7 Å². The fourth-order valence-corrected chi connectivity index (χ4v) is 5.57. The van der Waals surface area contributed by atoms with E-state index in [1.807, 2.05) is 0 Å². The monoisotopic (exact) mass is 826 g/mol. The molecule has 58 heavy (non-hydrogen) atoms. The third-order valence-corrected chi connectivity index (χ3v) is 8.53. The summed E-state index contributed by atoms with van der Waals surface area (Å²) in [7, 11) is 0. The minimum Gasteiger partial charge on any atom is -0.394 e. The molecule has 6 atom stereocenters. The lowest BCUT2D eigenvalue weighted by Gasteiger charge is -2.27. The molecule has 1 aliphatic heterocycles. The molecule has 26 heteroatoms. The van der Waals surface area contributed by atoms with Gasteiger partial charge < -0.3 is 88.6 Å². The third-order valence-electron chi connectivity index (χ3n) is 8.53. The minimum absolute atomic E-state index is 0.0129. The van der Waals surface area contributed by atoms with Crippen LogP contribution in [0.15, 0.2) is 20.0 Å². The quantitative estimate of drug-likeness (QED) is 0.0198. The molecule has 0 aromatic carbocycles. The summed E-state index contributed by atoms with van der Waals surface area (Å²) in [6, 6.07) is -7.00. The van der Waals surface area contributed by atoms with Crippen molar-refractivity contribution in [3.05, 3.63) is 0 Å². The molecule has 0 aromatic heterocycles. The van der Waals surface area contributed by atoms with Gasteiger partial charge in [0.25, 0.3) is 0 Å². The van der Waals surface area contributed by atoms with Crippen molar-refractivity contribution in [3.63, 3.8) is 0 Å². The molecule has 6 amide bonds. The van der Waals surface area contributed by atoms with Crippen LogP contribution in [0.1, 0.15) is 64.2 Å². The van der Waals surface area contributed by atoms with Crippen molar-refractivity contribution >= 4 is 59.3 Å². The number of carbonyl (C=O) groups is 6. The van der Waals surface area contributed by atoms with Gasteiger partial charge in [0.15, 0.2) is 23.8 Å². The second-order valence-corrected chi connectivity index (χ2v) is 13.3. The topological polar surface area (TPSA) is 478 Å². The highest BCUT2D eigenvalue weighted by Gasteiger charge is 2.33. The third kappa shape index (κ3) is 21.2. The average Bonchev–Trinajstić information content (AvgIpc) is 3.70. The molecule has 0 aromatic rings. The van der Waals surface area contributed by atoms with E-state index < -0.39 is 78.3 Å². The number of nitrogens with two attached hydrogens (primary N) is 9. The highest BCUT2D eigenvalue weighted by Crippen LogP contribution is 2.10. The van der Waals surface area contributed by atoms with Crippen molar-refractivity contribution < 1.29 is 33.9 Å². The van der Waals surface area contributed by atoms with Crippen LogP contribution >= 0.6 is 0 Å². The number of primary amides is 1. The number of guanidine groups is 4. The van der Waals surface area contributed by atoms with Crippen LogP contribution < -0.4 is 83.5 Å². The van der Waals surface area contributed by atoms with Crippen LogP contribution in [-0.2, 0) is 28.8 Å². The highest BCUT2D eigenvalue weighted by atomic mass is 16.3. The van der Waals surface area contributed by atoms with E-state index in [1.165, 1.54) is 0 Å². The van der Waals surface area contributed by atoms with Gasteiger partial charge in [-0.05, 0) is 70.8 Å². The Balaban J connectivity index is 3.43. The molecule has 0 aliphatic carbocycles. The summed E-state index contributed by atoms with van der Waals surface area (Å²) in [6.45, 7) is 0.226. The van der Waals surface area contributed by atoms with Gasteiger partial charge in [0.2, 0.25) is 35.4 Å². The standard InChI is InChI=1S/C32H63N19O7/c33-23(53)22(16-52)51-28(58)21(10-5-15-46-32(40)41)50-27(57)20(9-4-14-45-31(38)39)49-26(56)19(8-3-13-44-30(36)37)48-25(55)18(7-2-12-43-29(34)35)47-24(54)17-6-1-11-42-17/h17-22,42,52H,1-16H2,(H2,33,53)(H,47,54)(H,48,55)(H,49,56)(H,50,57)(H,51,58)(H4,34,35,43)(H4,36,37,44)(H4,38,39,45)(H4,40,41,46)/t17-,18-,19-,20-,21-,22-/m0/s1. The fraction of sp³-hybridized carbons (Fsp3) is 0.688. The zero-order chi connectivity index (χ0) is 43.6. The molecule has 0 radical (unpaired) electrons. The lowest BCUT2D eigenvalue weighted by atomic mass is 10.0. The number of rotatable bonds is 28. The second-order valence-electron chi connectivity index (χ2n) is 13.3. The maximum Gasteiger partial charge on any atom is 0.243 e. The minimum atomic E-state index is -1.46. The SMILES string of the molecule is NC(=O)[C@H](CO)NC(=O)[C@H](CCCN=C(N)N)NC(=O)[C@H](CCCN=C(N)N)NC(=O)[C@H](CCCN=C(N)N)NC(=O)[C@H](CCCN=C(N)N)NC(=O)[C@@H]1CCCN1. The molecule has 0 spiro atoms. The number of aliphatic hydroxyl groups excluding tert-OH is 1. The molecule has 26 nitrogen and oxygen atoms in total. The van der Waals surface area contributed by atoms with E-state index in [0.717, 1.165) is 6.42 Å². The van der Waals surface area contributed by atoms with Crippen LogP contribution in [0.3, 0.4) is 0 Å². The summed E-state index contributed by atoms with van der Waals surface area (Å²) in [4.78, 5) is 95.3. The summed E-state index contributed by atoms with van der Waals surface area (Å²) in [5, 5.41) is 25.5. The molecule has 0 bridgehead atoms. The molecule has 0 unspecified atom stereocenters. The number of amides is 6. The smallest absolute Gasteiger partial charge is 0.243 e. The number of hydrogen-bond acceptors (Lipinski definition) is 12. The van der Waals surface area contributed by atoms with Crippen molar-refractivity contribution in [3.8, 4) is 0 Å². The van der Waals surface area contributed by atoms with Crippen molar-refractivity contribution in [1.82, 2.24) is 31.9 Å². The Hall–Kier alpha value is -6.18. The molecule has 1 rings (SSSR count). The van der Waals surface area contributed by atoms with Gasteiger partial charge in [-0.15, -0.1) is 0 Å². The molecular formula is C32H63N19O7. The average molecular weight is 826 g/mol. The van der Waals surface area contributed by atoms with Gasteiger partial charge in [0.05, 0.1) is 12.6 Å². The lowest BCUT2D eigenvalue weighted by molar-refractivity contribution is -0.135. The van der Waals surface area contributed by atoms with Gasteiger partial charge in [0, 0.05) is 26.2 Å². The summed E-state index contributed by atoms with van der Waals surface area (Å²) in [5.41, 5.74) is 48.7. The highest BCUT2D eigenvalue weighted by molar-refractivity contribution is 5.96. The Kier molecular flexibility index (Phi) is 23.6. The number of carbonyl (C=O) groups excluding carboxylic acids is 6. The van der Waals surface area contributed by atoms with Crippen LogP contribution in [0.2, 0.25) is 0 Å². The van der Waals surface area contributed by atoms with E-state index in [2.05, 4.69) is 51.9 Å². The maximum atomic E-state index is 14.0. The number of aliphatic hydroxyl groups is 1. The molecule has 25 N–H and O–H groups in total. The Bertz CT molecular complexity index is 1470. The van der Waals surface area contributed by atoms with Crippen molar-refractivity contribution in [1.29, 1.82) is 0 Å². The summed E-state index contributed by atoms with van der Waals surface area (Å²) in [5.74, 6) is -5.36. The first-order valence-corrected chi connectivity index (χ1v) is 18.8. The molecule has 0 saturated carbocycles. The Morgan fingerprint density at radius 3 is 1.09 bits per heavy atom. The number of nitrogens with one attached hydrogen (secondary N) is 6. The normalized spacial score (nSPS) is 15.8. The second kappa shape index (κ2) is 27.4. The van der Waals surface area contributed by atoms with E-state index in [1.54, 1.807) is 0 Å². The summed E-state index contributed by atoms with van der Waals surface area (Å²) in [6.07, 6.45) is 2.21. The Morgan fingerprint density at radius 2 is 0.828 bits per heavy atom. The maximum absolute atomic E-state index is 14.0. The van der Waals surface area contributed by atoms with E-state index in [-0.39, 0.29) is 95.0 Å². The molecule has 1 saturated heterocycles. The number of hydrogen-bond donors (Lipinski definition) is 16. The van der Waals surface area contributed by atoms with Crippen molar-refractivity contribution in [2.45, 2.75) is 100 Å². The first-order valence-electron chi connectivity index (χ1n) is 18.8. The zero-order valence-electron chi connectivity index (χ0n) is 32.7. The molecule has 1 heterocycles. The molecule has 1 fully saturated rings. The van der Waals surface area contributed by atoms with Crippen LogP contribution in [0, 0.1) is 0 Å². The van der Waals surface area contributed by atoms with E-state index in [4.69, 9.17) is 51.6 Å². The van der Waals surface area contributed by atoms with Gasteiger partial charge in [-0.25, -0.2) is 0 Å². The van der Waals surface area contributed by atoms with Crippen LogP contribution in [0.4, 0.5) is 0 Å². The molecule has 328 valence electrons. The summed E-state index contributed by atoms with van der Waals surface area (Å²) < 4.78 is 0. The van der Waals surface area contributed by atoms with Gasteiger partial charge in [-0.1, -0.05) is 0 Å². The number of aliphatic imine (C=N–C) groups is 4. The van der Waals surface area contributed by atoms with E-state index in [0.29, 0.717) is 19.4 Å². The first kappa shape index (κ1) is 49.8. The van der Waals surface area contributed by atoms with E-state index >= 15 is 0 Å². The predicted octanol–water partition coefficient (Wildman–Crippen LogP) is -8.15. The Labute approximate surface area is 336 Å². The first-order chi connectivity index (χ1) is 27.4. The van der Waals surface area contributed by atoms with Crippen molar-refractivity contribution in [2.75, 3.05) is 39.3 Å². The fourth-order valence-electron chi connectivity index (χ4n) is 5.57. The van der Waals surface area contributed by atoms with E-state index in [9.17, 15) is 33.9 Å². The van der Waals surface area contributed by atoms with Crippen LogP contribution in [0.25, 0.3) is 0 Å². The summed E-state index contributed by atoms with van der Waals surface area (Å²) >= 11 is 0. The molecule has 1 aliphatic rings. The van der Waals surface area contributed by atoms with Gasteiger partial charge in [0.1, 0.15) is 30.2 Å². The largest absolute Gasteiger partial charge is 0.394 e. The predicted molar refractivity (Wildman–Crippen MR) is 217 cm³/mol. The lowest BCUT2D eigenvalue weighted by Crippen LogP contribution is -2.59. The van der Waals surface area contributed by atoms with Gasteiger partial charge in [-0.2, -0.15) is 0 Å². The van der Waals surface area contributed by atoms with Crippen LogP contribution in [0.5, 0.6) is 0 Å². The number of nitrogens with zero attached hydrogens (tertiary/aromatic N) is 4.